The molecule has 4 atom stereocenters. The number of aliphatic hydroxyl groups excluding tert-OH is 1. The zero-order chi connectivity index (χ0) is 33.2. The summed E-state index contributed by atoms with van der Waals surface area (Å²) in [5, 5.41) is 31.8. The molecule has 238 valence electrons. The Morgan fingerprint density at radius 1 is 0.795 bits per heavy atom. The lowest BCUT2D eigenvalue weighted by Gasteiger charge is -2.61. The number of ketones is 3. The molecule has 2 fully saturated rings. The lowest BCUT2D eigenvalue weighted by molar-refractivity contribution is -0.178. The number of benzene rings is 1. The molecular weight excluding hydrogens is 552 g/mol. The molecule has 6 nitrogen and oxygen atoms in total. The number of carbonyl (C=O) groups is 3. The second-order valence-electron chi connectivity index (χ2n) is 14.0. The van der Waals surface area contributed by atoms with Crippen molar-refractivity contribution in [1.82, 2.24) is 0 Å². The highest BCUT2D eigenvalue weighted by atomic mass is 16.3. The first-order valence-electron chi connectivity index (χ1n) is 15.6. The minimum atomic E-state index is -1.61. The van der Waals surface area contributed by atoms with Crippen molar-refractivity contribution < 1.29 is 29.7 Å². The lowest BCUT2D eigenvalue weighted by Crippen LogP contribution is -2.70. The summed E-state index contributed by atoms with van der Waals surface area (Å²) in [6, 6.07) is 3.67. The van der Waals surface area contributed by atoms with Gasteiger partial charge in [-0.05, 0) is 123 Å². The standard InChI is InChI=1S/C38H50O6/c1-23(2)11-10-18-36(9)28(14-12-24(3)4)22-37(19-16-25(5)6)33(42)31(32(41)27-13-15-29(39)30(40)21-27)34(43)38(36,35(37)44)20-17-26(7)8/h11-13,15-17,21,28,39-41H,10,14,18-20,22H2,1-9H3/t28-,36-,37-,38+/m0/s1. The van der Waals surface area contributed by atoms with E-state index in [0.717, 1.165) is 28.4 Å². The van der Waals surface area contributed by atoms with E-state index < -0.39 is 50.6 Å². The zero-order valence-electron chi connectivity index (χ0n) is 27.9. The minimum Gasteiger partial charge on any atom is -0.506 e. The normalized spacial score (nSPS) is 27.4. The fraction of sp³-hybridized carbons (Fsp3) is 0.500. The summed E-state index contributed by atoms with van der Waals surface area (Å²) in [6.07, 6.45) is 10.4. The van der Waals surface area contributed by atoms with Crippen molar-refractivity contribution in [3.63, 3.8) is 0 Å². The van der Waals surface area contributed by atoms with Crippen molar-refractivity contribution >= 4 is 23.1 Å². The number of aromatic hydroxyl groups is 2. The van der Waals surface area contributed by atoms with Crippen LogP contribution in [0.4, 0.5) is 0 Å². The highest BCUT2D eigenvalue weighted by molar-refractivity contribution is 6.41. The molecule has 44 heavy (non-hydrogen) atoms. The van der Waals surface area contributed by atoms with E-state index in [-0.39, 0.29) is 36.5 Å². The first kappa shape index (κ1) is 34.8. The maximum atomic E-state index is 15.2. The first-order chi connectivity index (χ1) is 20.4. The van der Waals surface area contributed by atoms with Crippen LogP contribution in [0.25, 0.3) is 5.76 Å². The van der Waals surface area contributed by atoms with Crippen LogP contribution in [0.2, 0.25) is 0 Å². The second kappa shape index (κ2) is 13.1. The summed E-state index contributed by atoms with van der Waals surface area (Å²) >= 11 is 0. The molecule has 6 heteroatoms. The minimum absolute atomic E-state index is 0.0199. The van der Waals surface area contributed by atoms with E-state index in [0.29, 0.717) is 19.3 Å². The molecule has 2 saturated carbocycles. The van der Waals surface area contributed by atoms with E-state index in [1.807, 2.05) is 74.5 Å². The molecule has 0 aromatic heterocycles. The molecule has 0 unspecified atom stereocenters. The van der Waals surface area contributed by atoms with Gasteiger partial charge in [0.25, 0.3) is 0 Å². The smallest absolute Gasteiger partial charge is 0.184 e. The number of phenols is 2. The predicted octanol–water partition coefficient (Wildman–Crippen LogP) is 8.90. The third-order valence-electron chi connectivity index (χ3n) is 9.76. The second-order valence-corrected chi connectivity index (χ2v) is 14.0. The van der Waals surface area contributed by atoms with Crippen LogP contribution >= 0.6 is 0 Å². The molecule has 2 aliphatic carbocycles. The van der Waals surface area contributed by atoms with Gasteiger partial charge in [-0.25, -0.2) is 0 Å². The van der Waals surface area contributed by atoms with Crippen molar-refractivity contribution in [3.05, 3.63) is 75.9 Å². The molecule has 0 amide bonds. The largest absolute Gasteiger partial charge is 0.506 e. The van der Waals surface area contributed by atoms with Crippen molar-refractivity contribution in [2.75, 3.05) is 0 Å². The molecule has 2 aliphatic rings. The molecule has 0 heterocycles. The molecule has 0 saturated heterocycles. The summed E-state index contributed by atoms with van der Waals surface area (Å²) in [7, 11) is 0. The van der Waals surface area contributed by atoms with Crippen molar-refractivity contribution in [2.45, 2.75) is 101 Å². The summed E-state index contributed by atoms with van der Waals surface area (Å²) in [5.41, 5.74) is -0.210. The fourth-order valence-electron chi connectivity index (χ4n) is 7.12. The van der Waals surface area contributed by atoms with E-state index in [2.05, 4.69) is 12.2 Å². The number of aliphatic hydroxyl groups is 1. The highest BCUT2D eigenvalue weighted by Gasteiger charge is 2.74. The summed E-state index contributed by atoms with van der Waals surface area (Å²) in [5.74, 6) is -3.32. The van der Waals surface area contributed by atoms with Crippen molar-refractivity contribution in [2.24, 2.45) is 22.2 Å². The zero-order valence-corrected chi connectivity index (χ0v) is 27.9. The number of allylic oxidation sites excluding steroid dienone is 9. The molecule has 3 N–H and O–H groups in total. The molecular formula is C38H50O6. The van der Waals surface area contributed by atoms with Gasteiger partial charge in [0.1, 0.15) is 16.7 Å². The quantitative estimate of drug-likeness (QED) is 0.0616. The third-order valence-corrected chi connectivity index (χ3v) is 9.76. The van der Waals surface area contributed by atoms with Gasteiger partial charge in [-0.1, -0.05) is 53.5 Å². The summed E-state index contributed by atoms with van der Waals surface area (Å²) in [6.45, 7) is 17.8. The Balaban J connectivity index is 2.51. The third kappa shape index (κ3) is 6.13. The Kier molecular flexibility index (Phi) is 10.4. The van der Waals surface area contributed by atoms with Crippen LogP contribution < -0.4 is 0 Å². The monoisotopic (exact) mass is 602 g/mol. The number of phenolic OH excluding ortho intramolecular Hbond substituents is 2. The van der Waals surface area contributed by atoms with E-state index in [1.54, 1.807) is 0 Å². The predicted molar refractivity (Wildman–Crippen MR) is 176 cm³/mol. The number of rotatable bonds is 10. The number of carbonyl (C=O) groups excluding carboxylic acids is 3. The number of Topliss-reactive ketones (excluding diaryl/α,β-unsaturated/α-hetero) is 3. The van der Waals surface area contributed by atoms with Gasteiger partial charge < -0.3 is 15.3 Å². The maximum Gasteiger partial charge on any atom is 0.184 e. The van der Waals surface area contributed by atoms with Crippen molar-refractivity contribution in [1.29, 1.82) is 0 Å². The number of hydrogen-bond acceptors (Lipinski definition) is 6. The molecule has 0 spiro atoms. The maximum absolute atomic E-state index is 15.2. The van der Waals surface area contributed by atoms with Gasteiger partial charge in [-0.15, -0.1) is 0 Å². The number of fused-ring (bicyclic) bond motifs is 2. The Labute approximate surface area is 263 Å². The SMILES string of the molecule is CC(C)=CCC[C@@]1(C)[C@@H](CC=C(C)C)C[C@@]2(CC=C(C)C)C(=O)C(=C(O)c3ccc(O)c(O)c3)C(=O)[C@]1(CC=C(C)C)C2=O. The molecule has 0 aliphatic heterocycles. The average molecular weight is 603 g/mol. The Bertz CT molecular complexity index is 1480. The Hall–Kier alpha value is -3.67. The van der Waals surface area contributed by atoms with Crippen LogP contribution in [0, 0.1) is 22.2 Å². The van der Waals surface area contributed by atoms with Crippen LogP contribution in [0.3, 0.4) is 0 Å². The van der Waals surface area contributed by atoms with Gasteiger partial charge in [0.2, 0.25) is 0 Å². The van der Waals surface area contributed by atoms with Gasteiger partial charge in [0, 0.05) is 5.56 Å². The van der Waals surface area contributed by atoms with Crippen LogP contribution in [-0.4, -0.2) is 32.7 Å². The van der Waals surface area contributed by atoms with E-state index in [1.165, 1.54) is 12.1 Å². The van der Waals surface area contributed by atoms with Gasteiger partial charge >= 0.3 is 0 Å². The van der Waals surface area contributed by atoms with E-state index >= 15 is 9.59 Å². The van der Waals surface area contributed by atoms with Crippen LogP contribution in [-0.2, 0) is 14.4 Å². The molecule has 3 rings (SSSR count). The first-order valence-corrected chi connectivity index (χ1v) is 15.6. The van der Waals surface area contributed by atoms with Gasteiger partial charge in [0.05, 0.1) is 5.41 Å². The highest BCUT2D eigenvalue weighted by Crippen LogP contribution is 2.67. The van der Waals surface area contributed by atoms with Gasteiger partial charge in [0.15, 0.2) is 28.8 Å². The molecule has 0 radical (unpaired) electrons. The topological polar surface area (TPSA) is 112 Å². The summed E-state index contributed by atoms with van der Waals surface area (Å²) in [4.78, 5) is 45.0. The fourth-order valence-corrected chi connectivity index (χ4v) is 7.12. The Morgan fingerprint density at radius 2 is 1.36 bits per heavy atom. The molecule has 1 aromatic rings. The number of hydrogen-bond donors (Lipinski definition) is 3. The van der Waals surface area contributed by atoms with Gasteiger partial charge in [-0.2, -0.15) is 0 Å². The van der Waals surface area contributed by atoms with Crippen molar-refractivity contribution in [3.8, 4) is 11.5 Å². The van der Waals surface area contributed by atoms with Crippen LogP contribution in [0.15, 0.2) is 70.4 Å². The molecule has 2 bridgehead atoms. The lowest BCUT2D eigenvalue weighted by atomic mass is 9.37. The van der Waals surface area contributed by atoms with E-state index in [4.69, 9.17) is 0 Å². The summed E-state index contributed by atoms with van der Waals surface area (Å²) < 4.78 is 0. The van der Waals surface area contributed by atoms with Gasteiger partial charge in [-0.3, -0.25) is 14.4 Å². The molecule has 1 aromatic carbocycles. The average Bonchev–Trinajstić information content (AvgIpc) is 2.92. The van der Waals surface area contributed by atoms with E-state index in [9.17, 15) is 20.1 Å². The van der Waals surface area contributed by atoms with Crippen LogP contribution in [0.5, 0.6) is 11.5 Å². The van der Waals surface area contributed by atoms with Crippen LogP contribution in [0.1, 0.15) is 106 Å². The Morgan fingerprint density at radius 3 is 1.91 bits per heavy atom.